The van der Waals surface area contributed by atoms with E-state index < -0.39 is 10.0 Å². The van der Waals surface area contributed by atoms with Crippen molar-refractivity contribution in [3.8, 4) is 5.75 Å². The topological polar surface area (TPSA) is 104 Å². The lowest BCUT2D eigenvalue weighted by Crippen LogP contribution is -2.49. The summed E-state index contributed by atoms with van der Waals surface area (Å²) in [4.78, 5) is 17.3. The van der Waals surface area contributed by atoms with Gasteiger partial charge in [0.1, 0.15) is 5.75 Å². The van der Waals surface area contributed by atoms with Crippen molar-refractivity contribution in [2.45, 2.75) is 25.4 Å². The number of ether oxygens (including phenoxy) is 1. The number of carbonyl (C=O) groups excluding carboxylic acids is 1. The highest BCUT2D eigenvalue weighted by atomic mass is 32.2. The van der Waals surface area contributed by atoms with Gasteiger partial charge < -0.3 is 19.9 Å². The molecule has 2 amide bonds. The molecule has 0 bridgehead atoms. The summed E-state index contributed by atoms with van der Waals surface area (Å²) < 4.78 is 30.4. The summed E-state index contributed by atoms with van der Waals surface area (Å²) in [5, 5.41) is 3.94. The fraction of sp³-hybridized carbons (Fsp3) is 0.471. The Balaban J connectivity index is 1.51. The minimum Gasteiger partial charge on any atom is -0.497 e. The van der Waals surface area contributed by atoms with Crippen LogP contribution in [-0.2, 0) is 16.6 Å². The molecule has 2 aromatic rings. The molecule has 1 aliphatic rings. The zero-order chi connectivity index (χ0) is 18.7. The number of likely N-dealkylation sites (tertiary alicyclic amines) is 1. The number of nitrogens with one attached hydrogen (secondary N) is 3. The molecule has 1 fully saturated rings. The molecule has 3 N–H and O–H groups in total. The lowest BCUT2D eigenvalue weighted by atomic mass is 10.1. The lowest BCUT2D eigenvalue weighted by molar-refractivity contribution is 0.179. The molecule has 1 saturated heterocycles. The Kier molecular flexibility index (Phi) is 5.38. The summed E-state index contributed by atoms with van der Waals surface area (Å²) in [6.07, 6.45) is 2.39. The molecule has 0 spiro atoms. The van der Waals surface area contributed by atoms with Crippen LogP contribution in [0.2, 0.25) is 0 Å². The van der Waals surface area contributed by atoms with Gasteiger partial charge in [0.05, 0.1) is 19.9 Å². The minimum atomic E-state index is -3.21. The molecule has 2 heterocycles. The molecule has 9 heteroatoms. The summed E-state index contributed by atoms with van der Waals surface area (Å²) >= 11 is 0. The van der Waals surface area contributed by atoms with Crippen LogP contribution in [0.15, 0.2) is 24.3 Å². The second-order valence-electron chi connectivity index (χ2n) is 6.56. The van der Waals surface area contributed by atoms with Crippen molar-refractivity contribution >= 4 is 27.0 Å². The molecule has 26 heavy (non-hydrogen) atoms. The highest BCUT2D eigenvalue weighted by Gasteiger charge is 2.24. The first-order chi connectivity index (χ1) is 12.3. The molecule has 1 aromatic heterocycles. The number of aromatic nitrogens is 1. The van der Waals surface area contributed by atoms with Crippen LogP contribution in [0.4, 0.5) is 4.79 Å². The van der Waals surface area contributed by atoms with E-state index in [1.807, 2.05) is 24.3 Å². The summed E-state index contributed by atoms with van der Waals surface area (Å²) in [7, 11) is -1.58. The van der Waals surface area contributed by atoms with Crippen LogP contribution < -0.4 is 14.8 Å². The first-order valence-corrected chi connectivity index (χ1v) is 10.4. The average molecular weight is 380 g/mol. The van der Waals surface area contributed by atoms with Gasteiger partial charge in [0, 0.05) is 35.7 Å². The van der Waals surface area contributed by atoms with Gasteiger partial charge in [0.2, 0.25) is 10.0 Å². The number of hydrogen-bond acceptors (Lipinski definition) is 4. The number of carbonyl (C=O) groups is 1. The summed E-state index contributed by atoms with van der Waals surface area (Å²) in [6, 6.07) is 7.52. The highest BCUT2D eigenvalue weighted by Crippen LogP contribution is 2.21. The third kappa shape index (κ3) is 4.67. The van der Waals surface area contributed by atoms with Crippen LogP contribution in [0.25, 0.3) is 10.9 Å². The third-order valence-corrected chi connectivity index (χ3v) is 5.24. The minimum absolute atomic E-state index is 0.0993. The van der Waals surface area contributed by atoms with Gasteiger partial charge in [0.25, 0.3) is 0 Å². The summed E-state index contributed by atoms with van der Waals surface area (Å²) in [5.74, 6) is 0.789. The van der Waals surface area contributed by atoms with Gasteiger partial charge in [-0.25, -0.2) is 17.9 Å². The molecule has 142 valence electrons. The molecule has 0 saturated carbocycles. The summed E-state index contributed by atoms with van der Waals surface area (Å²) in [5.41, 5.74) is 1.90. The summed E-state index contributed by atoms with van der Waals surface area (Å²) in [6.45, 7) is 1.46. The molecule has 1 aromatic carbocycles. The number of nitrogens with zero attached hydrogens (tertiary/aromatic N) is 1. The predicted octanol–water partition coefficient (Wildman–Crippen LogP) is 1.40. The molecular formula is C17H24N4O4S. The maximum absolute atomic E-state index is 12.3. The Morgan fingerprint density at radius 3 is 2.69 bits per heavy atom. The second-order valence-corrected chi connectivity index (χ2v) is 8.34. The molecule has 1 aliphatic heterocycles. The van der Waals surface area contributed by atoms with E-state index in [-0.39, 0.29) is 12.1 Å². The number of hydrogen-bond donors (Lipinski definition) is 3. The van der Waals surface area contributed by atoms with E-state index in [0.717, 1.165) is 28.6 Å². The molecule has 0 unspecified atom stereocenters. The van der Waals surface area contributed by atoms with E-state index in [4.69, 9.17) is 4.74 Å². The van der Waals surface area contributed by atoms with E-state index in [9.17, 15) is 13.2 Å². The standard InChI is InChI=1S/C17H24N4O4S/c1-25-15-3-4-16-12(10-15)9-14(19-16)11-18-17(22)21-7-5-13(6-8-21)20-26(2,23)24/h3-4,9-10,13,19-20H,5-8,11H2,1-2H3,(H,18,22). The number of methoxy groups -OCH3 is 1. The van der Waals surface area contributed by atoms with E-state index in [0.29, 0.717) is 32.5 Å². The van der Waals surface area contributed by atoms with Crippen LogP contribution in [0, 0.1) is 0 Å². The quantitative estimate of drug-likeness (QED) is 0.729. The van der Waals surface area contributed by atoms with Crippen molar-refractivity contribution in [2.24, 2.45) is 0 Å². The van der Waals surface area contributed by atoms with Crippen molar-refractivity contribution in [2.75, 3.05) is 26.5 Å². The number of sulfonamides is 1. The predicted molar refractivity (Wildman–Crippen MR) is 99.7 cm³/mol. The van der Waals surface area contributed by atoms with Crippen molar-refractivity contribution in [3.63, 3.8) is 0 Å². The Morgan fingerprint density at radius 1 is 1.31 bits per heavy atom. The van der Waals surface area contributed by atoms with Gasteiger partial charge in [-0.1, -0.05) is 0 Å². The first-order valence-electron chi connectivity index (χ1n) is 8.50. The van der Waals surface area contributed by atoms with Gasteiger partial charge in [0.15, 0.2) is 0 Å². The molecular weight excluding hydrogens is 356 g/mol. The maximum Gasteiger partial charge on any atom is 0.317 e. The normalized spacial score (nSPS) is 16.0. The van der Waals surface area contributed by atoms with Gasteiger partial charge in [-0.3, -0.25) is 0 Å². The number of rotatable bonds is 5. The number of piperidine rings is 1. The van der Waals surface area contributed by atoms with Crippen LogP contribution in [0.1, 0.15) is 18.5 Å². The third-order valence-electron chi connectivity index (χ3n) is 4.48. The van der Waals surface area contributed by atoms with Crippen LogP contribution >= 0.6 is 0 Å². The number of aromatic amines is 1. The van der Waals surface area contributed by atoms with Crippen LogP contribution in [0.5, 0.6) is 5.75 Å². The molecule has 0 aliphatic carbocycles. The van der Waals surface area contributed by atoms with E-state index in [2.05, 4.69) is 15.0 Å². The largest absolute Gasteiger partial charge is 0.497 e. The Hall–Kier alpha value is -2.26. The van der Waals surface area contributed by atoms with Crippen molar-refractivity contribution in [1.82, 2.24) is 19.9 Å². The van der Waals surface area contributed by atoms with E-state index in [1.165, 1.54) is 0 Å². The first kappa shape index (κ1) is 18.5. The molecule has 0 atom stereocenters. The van der Waals surface area contributed by atoms with Crippen molar-refractivity contribution < 1.29 is 17.9 Å². The SMILES string of the molecule is COc1ccc2[nH]c(CNC(=O)N3CCC(NS(C)(=O)=O)CC3)cc2c1. The Morgan fingerprint density at radius 2 is 2.04 bits per heavy atom. The molecule has 3 rings (SSSR count). The smallest absolute Gasteiger partial charge is 0.317 e. The number of fused-ring (bicyclic) bond motifs is 1. The van der Waals surface area contributed by atoms with E-state index >= 15 is 0 Å². The van der Waals surface area contributed by atoms with Crippen LogP contribution in [-0.4, -0.2) is 56.8 Å². The van der Waals surface area contributed by atoms with Gasteiger partial charge >= 0.3 is 6.03 Å². The van der Waals surface area contributed by atoms with Gasteiger partial charge in [-0.2, -0.15) is 0 Å². The fourth-order valence-electron chi connectivity index (χ4n) is 3.18. The molecule has 0 radical (unpaired) electrons. The van der Waals surface area contributed by atoms with Gasteiger partial charge in [-0.05, 0) is 37.1 Å². The van der Waals surface area contributed by atoms with Crippen LogP contribution in [0.3, 0.4) is 0 Å². The average Bonchev–Trinajstić information content (AvgIpc) is 3.00. The number of benzene rings is 1. The zero-order valence-electron chi connectivity index (χ0n) is 14.9. The van der Waals surface area contributed by atoms with Gasteiger partial charge in [-0.15, -0.1) is 0 Å². The van der Waals surface area contributed by atoms with Crippen molar-refractivity contribution in [1.29, 1.82) is 0 Å². The highest BCUT2D eigenvalue weighted by molar-refractivity contribution is 7.88. The number of H-pyrrole nitrogens is 1. The number of amides is 2. The monoisotopic (exact) mass is 380 g/mol. The fourth-order valence-corrected chi connectivity index (χ4v) is 4.02. The van der Waals surface area contributed by atoms with Crippen molar-refractivity contribution in [3.05, 3.63) is 30.0 Å². The lowest BCUT2D eigenvalue weighted by Gasteiger charge is -2.31. The molecule has 8 nitrogen and oxygen atoms in total. The second kappa shape index (κ2) is 7.55. The Labute approximate surface area is 152 Å². The maximum atomic E-state index is 12.3. The Bertz CT molecular complexity index is 885. The number of urea groups is 1. The van der Waals surface area contributed by atoms with E-state index in [1.54, 1.807) is 12.0 Å². The zero-order valence-corrected chi connectivity index (χ0v) is 15.7.